The van der Waals surface area contributed by atoms with Crippen molar-refractivity contribution in [2.45, 2.75) is 45.1 Å². The molecule has 0 fully saturated rings. The molecule has 0 saturated heterocycles. The van der Waals surface area contributed by atoms with Crippen molar-refractivity contribution in [3.63, 3.8) is 0 Å². The van der Waals surface area contributed by atoms with Gasteiger partial charge in [0.2, 0.25) is 5.91 Å². The van der Waals surface area contributed by atoms with Crippen molar-refractivity contribution in [2.24, 2.45) is 0 Å². The number of aromatic amines is 1. The van der Waals surface area contributed by atoms with Crippen LogP contribution in [0, 0.1) is 5.82 Å². The first-order valence-electron chi connectivity index (χ1n) is 9.43. The Balaban J connectivity index is 1.30. The number of Topliss-reactive ketones (excluding diaryl/α,β-unsaturated/α-hetero) is 1. The van der Waals surface area contributed by atoms with Gasteiger partial charge in [0.1, 0.15) is 17.4 Å². The normalized spacial score (nSPS) is 10.9. The highest BCUT2D eigenvalue weighted by Gasteiger charge is 2.09. The fourth-order valence-electron chi connectivity index (χ4n) is 2.94. The summed E-state index contributed by atoms with van der Waals surface area (Å²) in [7, 11) is 0. The van der Waals surface area contributed by atoms with Crippen molar-refractivity contribution in [3.8, 4) is 0 Å². The zero-order valence-corrected chi connectivity index (χ0v) is 15.6. The molecule has 6 nitrogen and oxygen atoms in total. The molecular weight excluding hydrogens is 359 g/mol. The number of nitrogens with one attached hydrogen (secondary N) is 2. The zero-order valence-electron chi connectivity index (χ0n) is 15.6. The molecule has 1 amide bonds. The molecule has 0 atom stereocenters. The Bertz CT molecular complexity index is 921. The van der Waals surface area contributed by atoms with Gasteiger partial charge in [-0.1, -0.05) is 12.1 Å². The molecular formula is C21H23FN4O2. The van der Waals surface area contributed by atoms with Gasteiger partial charge in [0.05, 0.1) is 23.3 Å². The van der Waals surface area contributed by atoms with Crippen LogP contribution < -0.4 is 5.32 Å². The maximum absolute atomic E-state index is 13.4. The van der Waals surface area contributed by atoms with Gasteiger partial charge in [-0.3, -0.25) is 14.6 Å². The Morgan fingerprint density at radius 1 is 1.04 bits per heavy atom. The van der Waals surface area contributed by atoms with Crippen LogP contribution in [0.2, 0.25) is 0 Å². The number of benzene rings is 1. The smallest absolute Gasteiger partial charge is 0.220 e. The average Bonchev–Trinajstić information content (AvgIpc) is 3.12. The molecule has 0 aliphatic heterocycles. The van der Waals surface area contributed by atoms with Gasteiger partial charge in [-0.2, -0.15) is 0 Å². The molecule has 0 spiro atoms. The quantitative estimate of drug-likeness (QED) is 0.526. The molecule has 3 rings (SSSR count). The highest BCUT2D eigenvalue weighted by Crippen LogP contribution is 2.12. The van der Waals surface area contributed by atoms with E-state index in [2.05, 4.69) is 20.3 Å². The number of unbranched alkanes of at least 4 members (excludes halogenated alkanes) is 1. The number of hydrogen-bond donors (Lipinski definition) is 2. The molecule has 0 unspecified atom stereocenters. The van der Waals surface area contributed by atoms with Gasteiger partial charge in [-0.15, -0.1) is 0 Å². The molecule has 2 heterocycles. The number of H-pyrrole nitrogens is 1. The third-order valence-corrected chi connectivity index (χ3v) is 4.48. The number of halogens is 1. The minimum atomic E-state index is -0.455. The standard InChI is InChI=1S/C21H23FN4O2/c22-16-7-5-13-23-19(16)14-24-21(28)12-11-15(27)6-1-4-10-20-25-17-8-2-3-9-18(17)26-20/h2-3,5,7-9,13H,1,4,6,10-12,14H2,(H,24,28)(H,25,26). The summed E-state index contributed by atoms with van der Waals surface area (Å²) in [5, 5.41) is 2.59. The number of amides is 1. The molecule has 3 aromatic rings. The van der Waals surface area contributed by atoms with Gasteiger partial charge in [-0.25, -0.2) is 9.37 Å². The van der Waals surface area contributed by atoms with E-state index in [-0.39, 0.29) is 36.8 Å². The van der Waals surface area contributed by atoms with Gasteiger partial charge >= 0.3 is 0 Å². The van der Waals surface area contributed by atoms with Crippen LogP contribution >= 0.6 is 0 Å². The lowest BCUT2D eigenvalue weighted by molar-refractivity contribution is -0.125. The molecule has 0 saturated carbocycles. The second kappa shape index (κ2) is 9.73. The lowest BCUT2D eigenvalue weighted by Gasteiger charge is -2.05. The summed E-state index contributed by atoms with van der Waals surface area (Å²) in [5.74, 6) is 0.252. The second-order valence-corrected chi connectivity index (χ2v) is 6.66. The van der Waals surface area contributed by atoms with Crippen molar-refractivity contribution >= 4 is 22.7 Å². The zero-order chi connectivity index (χ0) is 19.8. The monoisotopic (exact) mass is 382 g/mol. The summed E-state index contributed by atoms with van der Waals surface area (Å²) in [4.78, 5) is 35.4. The predicted octanol–water partition coefficient (Wildman–Crippen LogP) is 3.48. The number of rotatable bonds is 10. The second-order valence-electron chi connectivity index (χ2n) is 6.66. The number of imidazole rings is 1. The Labute approximate surface area is 162 Å². The van der Waals surface area contributed by atoms with E-state index in [9.17, 15) is 14.0 Å². The Morgan fingerprint density at radius 3 is 2.71 bits per heavy atom. The largest absolute Gasteiger partial charge is 0.350 e. The van der Waals surface area contributed by atoms with E-state index in [0.717, 1.165) is 36.1 Å². The van der Waals surface area contributed by atoms with E-state index < -0.39 is 5.82 Å². The molecule has 0 radical (unpaired) electrons. The fourth-order valence-corrected chi connectivity index (χ4v) is 2.94. The molecule has 0 aliphatic carbocycles. The summed E-state index contributed by atoms with van der Waals surface area (Å²) in [6.07, 6.45) is 4.63. The van der Waals surface area contributed by atoms with Crippen molar-refractivity contribution in [2.75, 3.05) is 0 Å². The molecule has 146 valence electrons. The first-order valence-corrected chi connectivity index (χ1v) is 9.43. The van der Waals surface area contributed by atoms with E-state index in [1.165, 1.54) is 18.3 Å². The van der Waals surface area contributed by atoms with E-state index in [1.807, 2.05) is 24.3 Å². The van der Waals surface area contributed by atoms with Crippen LogP contribution in [0.4, 0.5) is 4.39 Å². The van der Waals surface area contributed by atoms with Crippen LogP contribution in [0.5, 0.6) is 0 Å². The number of aryl methyl sites for hydroxylation is 1. The number of aromatic nitrogens is 3. The predicted molar refractivity (Wildman–Crippen MR) is 104 cm³/mol. The molecule has 0 bridgehead atoms. The topological polar surface area (TPSA) is 87.7 Å². The average molecular weight is 382 g/mol. The van der Waals surface area contributed by atoms with Crippen LogP contribution in [0.1, 0.15) is 43.6 Å². The van der Waals surface area contributed by atoms with Crippen LogP contribution in [0.15, 0.2) is 42.6 Å². The molecule has 0 aliphatic rings. The van der Waals surface area contributed by atoms with E-state index in [4.69, 9.17) is 0 Å². The maximum Gasteiger partial charge on any atom is 0.220 e. The summed E-state index contributed by atoms with van der Waals surface area (Å²) in [5.41, 5.74) is 2.16. The maximum atomic E-state index is 13.4. The Hall–Kier alpha value is -3.09. The molecule has 7 heteroatoms. The van der Waals surface area contributed by atoms with Gasteiger partial charge in [0.15, 0.2) is 0 Å². The number of ketones is 1. The number of nitrogens with zero attached hydrogens (tertiary/aromatic N) is 2. The lowest BCUT2D eigenvalue weighted by Crippen LogP contribution is -2.24. The fraction of sp³-hybridized carbons (Fsp3) is 0.333. The van der Waals surface area contributed by atoms with E-state index in [0.29, 0.717) is 6.42 Å². The van der Waals surface area contributed by atoms with Gasteiger partial charge < -0.3 is 10.3 Å². The Kier molecular flexibility index (Phi) is 6.84. The van der Waals surface area contributed by atoms with Crippen LogP contribution in [0.25, 0.3) is 11.0 Å². The number of para-hydroxylation sites is 2. The SMILES string of the molecule is O=C(CCCCc1nc2ccccc2[nH]1)CCC(=O)NCc1ncccc1F. The van der Waals surface area contributed by atoms with Crippen LogP contribution in [-0.2, 0) is 22.6 Å². The van der Waals surface area contributed by atoms with Crippen molar-refractivity contribution in [3.05, 3.63) is 59.9 Å². The number of carbonyl (C=O) groups excluding carboxylic acids is 2. The molecule has 2 N–H and O–H groups in total. The lowest BCUT2D eigenvalue weighted by atomic mass is 10.1. The van der Waals surface area contributed by atoms with Crippen LogP contribution in [-0.4, -0.2) is 26.6 Å². The molecule has 1 aromatic carbocycles. The number of pyridine rings is 1. The number of hydrogen-bond acceptors (Lipinski definition) is 4. The third-order valence-electron chi connectivity index (χ3n) is 4.48. The van der Waals surface area contributed by atoms with Gasteiger partial charge in [-0.05, 0) is 37.1 Å². The van der Waals surface area contributed by atoms with Gasteiger partial charge in [0.25, 0.3) is 0 Å². The van der Waals surface area contributed by atoms with E-state index in [1.54, 1.807) is 0 Å². The molecule has 28 heavy (non-hydrogen) atoms. The van der Waals surface area contributed by atoms with Crippen LogP contribution in [0.3, 0.4) is 0 Å². The highest BCUT2D eigenvalue weighted by atomic mass is 19.1. The minimum absolute atomic E-state index is 0.0250. The third kappa shape index (κ3) is 5.70. The summed E-state index contributed by atoms with van der Waals surface area (Å²) in [6.45, 7) is 0.0250. The summed E-state index contributed by atoms with van der Waals surface area (Å²) in [6, 6.07) is 10.7. The van der Waals surface area contributed by atoms with Gasteiger partial charge in [0, 0.05) is 31.9 Å². The highest BCUT2D eigenvalue weighted by molar-refractivity contribution is 5.84. The molecule has 2 aromatic heterocycles. The summed E-state index contributed by atoms with van der Waals surface area (Å²) < 4.78 is 13.4. The number of fused-ring (bicyclic) bond motifs is 1. The number of carbonyl (C=O) groups is 2. The summed E-state index contributed by atoms with van der Waals surface area (Å²) >= 11 is 0. The van der Waals surface area contributed by atoms with Crippen molar-refractivity contribution in [1.29, 1.82) is 0 Å². The van der Waals surface area contributed by atoms with E-state index >= 15 is 0 Å². The minimum Gasteiger partial charge on any atom is -0.350 e. The first-order chi connectivity index (χ1) is 13.6. The van der Waals surface area contributed by atoms with Crippen molar-refractivity contribution in [1.82, 2.24) is 20.3 Å². The Morgan fingerprint density at radius 2 is 1.89 bits per heavy atom. The van der Waals surface area contributed by atoms with Crippen molar-refractivity contribution < 1.29 is 14.0 Å². The first kappa shape index (κ1) is 19.7.